The maximum atomic E-state index is 5.60. The van der Waals surface area contributed by atoms with Crippen molar-refractivity contribution in [1.29, 1.82) is 0 Å². The number of nitrogens with one attached hydrogen (secondary N) is 2. The maximum Gasteiger partial charge on any atom is 0.191 e. The van der Waals surface area contributed by atoms with E-state index < -0.39 is 0 Å². The summed E-state index contributed by atoms with van der Waals surface area (Å²) in [4.78, 5) is 11.6. The second kappa shape index (κ2) is 17.5. The van der Waals surface area contributed by atoms with Gasteiger partial charge < -0.3 is 25.0 Å². The number of nitrogens with zero attached hydrogens (tertiary/aromatic N) is 3. The molecule has 1 fully saturated rings. The van der Waals surface area contributed by atoms with Gasteiger partial charge in [-0.25, -0.2) is 9.98 Å². The highest BCUT2D eigenvalue weighted by Gasteiger charge is 2.12. The van der Waals surface area contributed by atoms with Crippen LogP contribution in [0.25, 0.3) is 0 Å². The third-order valence-electron chi connectivity index (χ3n) is 4.81. The van der Waals surface area contributed by atoms with Crippen molar-refractivity contribution in [2.75, 3.05) is 57.5 Å². The Hall–Kier alpha value is -1.13. The fourth-order valence-corrected chi connectivity index (χ4v) is 3.18. The van der Waals surface area contributed by atoms with E-state index in [1.165, 1.54) is 24.8 Å². The van der Waals surface area contributed by atoms with Crippen LogP contribution in [0.2, 0.25) is 0 Å². The molecule has 2 heterocycles. The molecule has 0 spiro atoms. The van der Waals surface area contributed by atoms with E-state index in [-0.39, 0.29) is 24.0 Å². The minimum absolute atomic E-state index is 0. The van der Waals surface area contributed by atoms with E-state index in [1.54, 1.807) is 0 Å². The summed E-state index contributed by atoms with van der Waals surface area (Å²) in [5.41, 5.74) is 1.18. The largest absolute Gasteiger partial charge is 0.379 e. The molecule has 8 heteroatoms. The Kier molecular flexibility index (Phi) is 15.7. The van der Waals surface area contributed by atoms with Crippen LogP contribution in [0, 0.1) is 0 Å². The minimum Gasteiger partial charge on any atom is -0.379 e. The Balaban J connectivity index is 0.00000450. The number of aliphatic imine (C=N–C) groups is 1. The molecular formula is C22H40IN5O2. The van der Waals surface area contributed by atoms with E-state index in [0.29, 0.717) is 26.4 Å². The molecule has 1 saturated heterocycles. The van der Waals surface area contributed by atoms with Crippen molar-refractivity contribution in [3.8, 4) is 0 Å². The number of guanidine groups is 1. The average molecular weight is 533 g/mol. The van der Waals surface area contributed by atoms with Crippen LogP contribution >= 0.6 is 24.0 Å². The molecule has 172 valence electrons. The van der Waals surface area contributed by atoms with Crippen LogP contribution in [0.15, 0.2) is 23.3 Å². The Labute approximate surface area is 199 Å². The fraction of sp³-hybridized carbons (Fsp3) is 0.727. The summed E-state index contributed by atoms with van der Waals surface area (Å²) in [6.45, 7) is 11.4. The van der Waals surface area contributed by atoms with Crippen LogP contribution in [0.4, 0.5) is 5.82 Å². The molecule has 0 bridgehead atoms. The Bertz CT molecular complexity index is 582. The van der Waals surface area contributed by atoms with E-state index >= 15 is 0 Å². The van der Waals surface area contributed by atoms with Gasteiger partial charge in [0.15, 0.2) is 5.96 Å². The molecule has 0 atom stereocenters. The lowest BCUT2D eigenvalue weighted by molar-refractivity contribution is 0.0487. The van der Waals surface area contributed by atoms with E-state index in [1.807, 2.05) is 12.3 Å². The van der Waals surface area contributed by atoms with E-state index in [0.717, 1.165) is 57.4 Å². The zero-order valence-electron chi connectivity index (χ0n) is 18.7. The summed E-state index contributed by atoms with van der Waals surface area (Å²) in [7, 11) is 0. The van der Waals surface area contributed by atoms with Crippen LogP contribution in [-0.2, 0) is 16.0 Å². The summed E-state index contributed by atoms with van der Waals surface area (Å²) in [6, 6.07) is 4.21. The van der Waals surface area contributed by atoms with Gasteiger partial charge in [0.05, 0.1) is 26.4 Å². The Morgan fingerprint density at radius 1 is 1.07 bits per heavy atom. The first kappa shape index (κ1) is 26.9. The van der Waals surface area contributed by atoms with Crippen LogP contribution in [0.1, 0.15) is 51.5 Å². The monoisotopic (exact) mass is 533 g/mol. The topological polar surface area (TPSA) is 71.0 Å². The van der Waals surface area contributed by atoms with Crippen molar-refractivity contribution in [1.82, 2.24) is 15.6 Å². The molecule has 0 saturated carbocycles. The molecule has 0 aromatic carbocycles. The van der Waals surface area contributed by atoms with Crippen LogP contribution in [-0.4, -0.2) is 63.6 Å². The van der Waals surface area contributed by atoms with E-state index in [2.05, 4.69) is 40.4 Å². The highest BCUT2D eigenvalue weighted by atomic mass is 127. The van der Waals surface area contributed by atoms with Crippen molar-refractivity contribution in [3.63, 3.8) is 0 Å². The van der Waals surface area contributed by atoms with E-state index in [9.17, 15) is 0 Å². The molecule has 1 aliphatic heterocycles. The van der Waals surface area contributed by atoms with Gasteiger partial charge in [0.2, 0.25) is 0 Å². The summed E-state index contributed by atoms with van der Waals surface area (Å²) in [5, 5.41) is 6.62. The molecule has 0 amide bonds. The second-order valence-corrected chi connectivity index (χ2v) is 7.27. The highest BCUT2D eigenvalue weighted by Crippen LogP contribution is 2.18. The standard InChI is InChI=1S/C22H39N5O2.HI/c1-3-5-14-28-16-17-29-15-11-25-22(23-4-2)26-19-20-9-10-24-21(18-20)27-12-7-6-8-13-27;/h9-10,18H,3-8,11-17,19H2,1-2H3,(H2,23,25,26);1H. The molecule has 0 aliphatic carbocycles. The van der Waals surface area contributed by atoms with Gasteiger partial charge in [-0.15, -0.1) is 24.0 Å². The van der Waals surface area contributed by atoms with E-state index in [4.69, 9.17) is 14.5 Å². The van der Waals surface area contributed by atoms with Crippen LogP contribution in [0.3, 0.4) is 0 Å². The Morgan fingerprint density at radius 3 is 2.57 bits per heavy atom. The van der Waals surface area contributed by atoms with Crippen molar-refractivity contribution in [3.05, 3.63) is 23.9 Å². The molecule has 0 radical (unpaired) electrons. The summed E-state index contributed by atoms with van der Waals surface area (Å²) >= 11 is 0. The van der Waals surface area contributed by atoms with Crippen molar-refractivity contribution >= 4 is 35.8 Å². The predicted molar refractivity (Wildman–Crippen MR) is 135 cm³/mol. The van der Waals surface area contributed by atoms with Gasteiger partial charge in [-0.2, -0.15) is 0 Å². The van der Waals surface area contributed by atoms with Gasteiger partial charge >= 0.3 is 0 Å². The van der Waals surface area contributed by atoms with Gasteiger partial charge in [-0.3, -0.25) is 0 Å². The fourth-order valence-electron chi connectivity index (χ4n) is 3.18. The number of piperidine rings is 1. The average Bonchev–Trinajstić information content (AvgIpc) is 2.77. The molecule has 2 N–H and O–H groups in total. The first-order valence-electron chi connectivity index (χ1n) is 11.2. The number of halogens is 1. The SMILES string of the molecule is CCCCOCCOCCNC(=NCc1ccnc(N2CCCCC2)c1)NCC.I. The lowest BCUT2D eigenvalue weighted by Gasteiger charge is -2.27. The number of hydrogen-bond donors (Lipinski definition) is 2. The molecule has 30 heavy (non-hydrogen) atoms. The summed E-state index contributed by atoms with van der Waals surface area (Å²) < 4.78 is 11.1. The number of ether oxygens (including phenoxy) is 2. The summed E-state index contributed by atoms with van der Waals surface area (Å²) in [5.74, 6) is 1.89. The first-order valence-corrected chi connectivity index (χ1v) is 11.2. The minimum atomic E-state index is 0. The number of hydrogen-bond acceptors (Lipinski definition) is 5. The number of anilines is 1. The molecule has 1 aromatic rings. The third kappa shape index (κ3) is 11.3. The van der Waals surface area contributed by atoms with Gasteiger partial charge in [0, 0.05) is 39.0 Å². The van der Waals surface area contributed by atoms with Crippen LogP contribution in [0.5, 0.6) is 0 Å². The van der Waals surface area contributed by atoms with Gasteiger partial charge in [-0.05, 0) is 50.3 Å². The lowest BCUT2D eigenvalue weighted by atomic mass is 10.1. The van der Waals surface area contributed by atoms with Crippen molar-refractivity contribution in [2.24, 2.45) is 4.99 Å². The highest BCUT2D eigenvalue weighted by molar-refractivity contribution is 14.0. The number of pyridine rings is 1. The second-order valence-electron chi connectivity index (χ2n) is 7.27. The zero-order valence-corrected chi connectivity index (χ0v) is 21.0. The van der Waals surface area contributed by atoms with Crippen molar-refractivity contribution < 1.29 is 9.47 Å². The normalized spacial score (nSPS) is 14.3. The number of unbranched alkanes of at least 4 members (excludes halogenated alkanes) is 1. The molecule has 0 unspecified atom stereocenters. The van der Waals surface area contributed by atoms with Gasteiger partial charge in [-0.1, -0.05) is 13.3 Å². The zero-order chi connectivity index (χ0) is 20.6. The summed E-state index contributed by atoms with van der Waals surface area (Å²) in [6.07, 6.45) is 8.01. The lowest BCUT2D eigenvalue weighted by Crippen LogP contribution is -2.39. The van der Waals surface area contributed by atoms with Crippen molar-refractivity contribution in [2.45, 2.75) is 52.5 Å². The molecule has 1 aliphatic rings. The first-order chi connectivity index (χ1) is 14.3. The number of rotatable bonds is 13. The quantitative estimate of drug-likeness (QED) is 0.175. The van der Waals surface area contributed by atoms with Gasteiger partial charge in [0.1, 0.15) is 5.82 Å². The molecule has 1 aromatic heterocycles. The third-order valence-corrected chi connectivity index (χ3v) is 4.81. The Morgan fingerprint density at radius 2 is 1.83 bits per heavy atom. The van der Waals surface area contributed by atoms with Gasteiger partial charge in [0.25, 0.3) is 0 Å². The maximum absolute atomic E-state index is 5.60. The smallest absolute Gasteiger partial charge is 0.191 e. The molecular weight excluding hydrogens is 493 g/mol. The number of aromatic nitrogens is 1. The molecule has 2 rings (SSSR count). The predicted octanol–water partition coefficient (Wildman–Crippen LogP) is 3.58. The van der Waals surface area contributed by atoms with Crippen LogP contribution < -0.4 is 15.5 Å². The molecule has 7 nitrogen and oxygen atoms in total.